The number of halogens is 3. The zero-order chi connectivity index (χ0) is 14.8. The molecule has 6 heteroatoms. The van der Waals surface area contributed by atoms with Crippen molar-refractivity contribution in [2.24, 2.45) is 23.7 Å². The van der Waals surface area contributed by atoms with Crippen molar-refractivity contribution < 1.29 is 18.0 Å². The molecular weight excluding hydrogens is 269 g/mol. The summed E-state index contributed by atoms with van der Waals surface area (Å²) in [6.07, 6.45) is -2.54. The first kappa shape index (κ1) is 15.6. The molecule has 0 aromatic rings. The van der Waals surface area contributed by atoms with Crippen molar-refractivity contribution >= 4 is 5.91 Å². The fourth-order valence-corrected chi connectivity index (χ4v) is 2.98. The standard InChI is InChI=1S/C14H23F3N2O/c1-9(11-7-18-8-11)13(20)19-6-10-2-4-12(5-3-10)14(15,16)17/h9-12,18H,2-8H2,1H3,(H,19,20). The summed E-state index contributed by atoms with van der Waals surface area (Å²) in [4.78, 5) is 11.9. The Morgan fingerprint density at radius 3 is 2.30 bits per heavy atom. The highest BCUT2D eigenvalue weighted by Gasteiger charge is 2.41. The normalized spacial score (nSPS) is 29.6. The van der Waals surface area contributed by atoms with Gasteiger partial charge in [0, 0.05) is 12.5 Å². The summed E-state index contributed by atoms with van der Waals surface area (Å²) in [6, 6.07) is 0. The third kappa shape index (κ3) is 3.87. The second kappa shape index (κ2) is 6.33. The Kier molecular flexibility index (Phi) is 4.94. The van der Waals surface area contributed by atoms with Gasteiger partial charge < -0.3 is 10.6 Å². The number of amides is 1. The molecule has 0 aromatic carbocycles. The Balaban J connectivity index is 1.67. The Morgan fingerprint density at radius 2 is 1.85 bits per heavy atom. The van der Waals surface area contributed by atoms with Gasteiger partial charge in [0.1, 0.15) is 0 Å². The van der Waals surface area contributed by atoms with Gasteiger partial charge in [-0.25, -0.2) is 0 Å². The SMILES string of the molecule is CC(C(=O)NCC1CCC(C(F)(F)F)CC1)C1CNC1. The lowest BCUT2D eigenvalue weighted by atomic mass is 9.81. The third-order valence-electron chi connectivity index (χ3n) is 4.81. The van der Waals surface area contributed by atoms with Gasteiger partial charge in [0.05, 0.1) is 5.92 Å². The number of rotatable bonds is 4. The summed E-state index contributed by atoms with van der Waals surface area (Å²) in [7, 11) is 0. The van der Waals surface area contributed by atoms with Gasteiger partial charge in [-0.05, 0) is 50.6 Å². The zero-order valence-electron chi connectivity index (χ0n) is 11.8. The molecule has 1 aliphatic heterocycles. The minimum absolute atomic E-state index is 0.0113. The molecule has 2 rings (SSSR count). The average Bonchev–Trinajstić information content (AvgIpc) is 2.33. The van der Waals surface area contributed by atoms with E-state index in [2.05, 4.69) is 10.6 Å². The number of carbonyl (C=O) groups excluding carboxylic acids is 1. The number of alkyl halides is 3. The lowest BCUT2D eigenvalue weighted by molar-refractivity contribution is -0.183. The van der Waals surface area contributed by atoms with Gasteiger partial charge in [-0.3, -0.25) is 4.79 Å². The van der Waals surface area contributed by atoms with Crippen molar-refractivity contribution in [2.75, 3.05) is 19.6 Å². The predicted molar refractivity (Wildman–Crippen MR) is 70.0 cm³/mol. The quantitative estimate of drug-likeness (QED) is 0.835. The van der Waals surface area contributed by atoms with E-state index in [0.717, 1.165) is 13.1 Å². The topological polar surface area (TPSA) is 41.1 Å². The Morgan fingerprint density at radius 1 is 1.25 bits per heavy atom. The van der Waals surface area contributed by atoms with Crippen molar-refractivity contribution in [3.05, 3.63) is 0 Å². The molecule has 1 saturated carbocycles. The second-order valence-electron chi connectivity index (χ2n) is 6.21. The fraction of sp³-hybridized carbons (Fsp3) is 0.929. The fourth-order valence-electron chi connectivity index (χ4n) is 2.98. The molecular formula is C14H23F3N2O. The van der Waals surface area contributed by atoms with Crippen LogP contribution in [0.3, 0.4) is 0 Å². The molecule has 0 radical (unpaired) electrons. The molecule has 1 heterocycles. The van der Waals surface area contributed by atoms with E-state index in [1.165, 1.54) is 0 Å². The van der Waals surface area contributed by atoms with Gasteiger partial charge >= 0.3 is 6.18 Å². The van der Waals surface area contributed by atoms with E-state index in [0.29, 0.717) is 25.3 Å². The van der Waals surface area contributed by atoms with Crippen LogP contribution in [0.25, 0.3) is 0 Å². The molecule has 2 fully saturated rings. The molecule has 1 amide bonds. The van der Waals surface area contributed by atoms with Gasteiger partial charge in [0.2, 0.25) is 5.91 Å². The van der Waals surface area contributed by atoms with Crippen LogP contribution in [-0.4, -0.2) is 31.7 Å². The van der Waals surface area contributed by atoms with E-state index in [1.807, 2.05) is 6.92 Å². The number of nitrogens with one attached hydrogen (secondary N) is 2. The van der Waals surface area contributed by atoms with E-state index in [4.69, 9.17) is 0 Å². The summed E-state index contributed by atoms with van der Waals surface area (Å²) in [6.45, 7) is 4.20. The van der Waals surface area contributed by atoms with E-state index in [9.17, 15) is 18.0 Å². The maximum absolute atomic E-state index is 12.5. The lowest BCUT2D eigenvalue weighted by Gasteiger charge is -2.33. The van der Waals surface area contributed by atoms with Crippen LogP contribution in [0.5, 0.6) is 0 Å². The average molecular weight is 292 g/mol. The van der Waals surface area contributed by atoms with Crippen molar-refractivity contribution in [2.45, 2.75) is 38.8 Å². The van der Waals surface area contributed by atoms with Gasteiger partial charge in [0.15, 0.2) is 0 Å². The summed E-state index contributed by atoms with van der Waals surface area (Å²) < 4.78 is 37.6. The van der Waals surface area contributed by atoms with Crippen LogP contribution in [0.4, 0.5) is 13.2 Å². The van der Waals surface area contributed by atoms with Gasteiger partial charge in [-0.15, -0.1) is 0 Å². The molecule has 0 spiro atoms. The molecule has 2 N–H and O–H groups in total. The van der Waals surface area contributed by atoms with Crippen LogP contribution in [0.2, 0.25) is 0 Å². The molecule has 0 aromatic heterocycles. The van der Waals surface area contributed by atoms with Crippen LogP contribution in [0, 0.1) is 23.7 Å². The van der Waals surface area contributed by atoms with Crippen LogP contribution in [0.15, 0.2) is 0 Å². The number of carbonyl (C=O) groups is 1. The molecule has 1 saturated heterocycles. The zero-order valence-corrected chi connectivity index (χ0v) is 11.8. The van der Waals surface area contributed by atoms with Crippen molar-refractivity contribution in [3.63, 3.8) is 0 Å². The molecule has 1 aliphatic carbocycles. The molecule has 3 nitrogen and oxygen atoms in total. The summed E-state index contributed by atoms with van der Waals surface area (Å²) in [5.41, 5.74) is 0. The third-order valence-corrected chi connectivity index (χ3v) is 4.81. The maximum Gasteiger partial charge on any atom is 0.391 e. The van der Waals surface area contributed by atoms with E-state index in [-0.39, 0.29) is 30.6 Å². The lowest BCUT2D eigenvalue weighted by Crippen LogP contribution is -2.50. The van der Waals surface area contributed by atoms with Crippen LogP contribution in [-0.2, 0) is 4.79 Å². The monoisotopic (exact) mass is 292 g/mol. The summed E-state index contributed by atoms with van der Waals surface area (Å²) in [5.74, 6) is -0.521. The van der Waals surface area contributed by atoms with Crippen molar-refractivity contribution in [3.8, 4) is 0 Å². The first-order valence-electron chi connectivity index (χ1n) is 7.43. The summed E-state index contributed by atoms with van der Waals surface area (Å²) in [5, 5.41) is 6.04. The van der Waals surface area contributed by atoms with Crippen molar-refractivity contribution in [1.82, 2.24) is 10.6 Å². The molecule has 1 unspecified atom stereocenters. The van der Waals surface area contributed by atoms with E-state index in [1.54, 1.807) is 0 Å². The largest absolute Gasteiger partial charge is 0.391 e. The Hall–Kier alpha value is -0.780. The molecule has 20 heavy (non-hydrogen) atoms. The van der Waals surface area contributed by atoms with E-state index < -0.39 is 12.1 Å². The van der Waals surface area contributed by atoms with Gasteiger partial charge in [-0.2, -0.15) is 13.2 Å². The number of hydrogen-bond donors (Lipinski definition) is 2. The molecule has 2 aliphatic rings. The van der Waals surface area contributed by atoms with Crippen LogP contribution < -0.4 is 10.6 Å². The highest BCUT2D eigenvalue weighted by molar-refractivity contribution is 5.78. The van der Waals surface area contributed by atoms with Gasteiger partial charge in [-0.1, -0.05) is 6.92 Å². The Labute approximate surface area is 117 Å². The van der Waals surface area contributed by atoms with E-state index >= 15 is 0 Å². The predicted octanol–water partition coefficient (Wildman–Crippen LogP) is 2.33. The van der Waals surface area contributed by atoms with Gasteiger partial charge in [0.25, 0.3) is 0 Å². The first-order valence-corrected chi connectivity index (χ1v) is 7.43. The Bertz CT molecular complexity index is 334. The second-order valence-corrected chi connectivity index (χ2v) is 6.21. The van der Waals surface area contributed by atoms with Crippen LogP contribution >= 0.6 is 0 Å². The minimum Gasteiger partial charge on any atom is -0.356 e. The number of hydrogen-bond acceptors (Lipinski definition) is 2. The maximum atomic E-state index is 12.5. The van der Waals surface area contributed by atoms with Crippen LogP contribution in [0.1, 0.15) is 32.6 Å². The molecule has 116 valence electrons. The minimum atomic E-state index is -4.06. The molecule has 0 bridgehead atoms. The van der Waals surface area contributed by atoms with Crippen molar-refractivity contribution in [1.29, 1.82) is 0 Å². The smallest absolute Gasteiger partial charge is 0.356 e. The first-order chi connectivity index (χ1) is 9.38. The molecule has 1 atom stereocenters. The summed E-state index contributed by atoms with van der Waals surface area (Å²) >= 11 is 0. The highest BCUT2D eigenvalue weighted by Crippen LogP contribution is 2.39. The highest BCUT2D eigenvalue weighted by atomic mass is 19.4.